The van der Waals surface area contributed by atoms with E-state index in [1.165, 1.54) is 24.3 Å². The average molecular weight is 348 g/mol. The second-order valence-electron chi connectivity index (χ2n) is 4.75. The van der Waals surface area contributed by atoms with Crippen molar-refractivity contribution in [1.82, 2.24) is 5.32 Å². The van der Waals surface area contributed by atoms with Gasteiger partial charge in [-0.1, -0.05) is 12.1 Å². The van der Waals surface area contributed by atoms with Gasteiger partial charge in [-0.05, 0) is 48.6 Å². The van der Waals surface area contributed by atoms with Crippen molar-refractivity contribution in [3.05, 3.63) is 59.9 Å². The van der Waals surface area contributed by atoms with Crippen molar-refractivity contribution in [3.8, 4) is 5.75 Å². The third-order valence-corrected chi connectivity index (χ3v) is 3.21. The molecule has 7 heteroatoms. The minimum absolute atomic E-state index is 0.110. The van der Waals surface area contributed by atoms with E-state index in [1.807, 2.05) is 0 Å². The highest BCUT2D eigenvalue weighted by molar-refractivity contribution is 7.80. The predicted molar refractivity (Wildman–Crippen MR) is 93.9 cm³/mol. The maximum atomic E-state index is 12.9. The lowest BCUT2D eigenvalue weighted by molar-refractivity contribution is 0.0970. The number of rotatable bonds is 6. The summed E-state index contributed by atoms with van der Waals surface area (Å²) in [5.74, 6) is -0.308. The molecule has 0 aliphatic rings. The van der Waals surface area contributed by atoms with Crippen LogP contribution in [0.4, 0.5) is 10.1 Å². The Kier molecular flexibility index (Phi) is 6.65. The third-order valence-electron chi connectivity index (χ3n) is 3.01. The first kappa shape index (κ1) is 17.8. The summed E-state index contributed by atoms with van der Waals surface area (Å²) in [6, 6.07) is 12.5. The summed E-state index contributed by atoms with van der Waals surface area (Å²) in [4.78, 5) is 12.3. The van der Waals surface area contributed by atoms with Gasteiger partial charge in [0.1, 0.15) is 18.2 Å². The molecule has 0 heterocycles. The average Bonchev–Trinajstić information content (AvgIpc) is 2.57. The minimum Gasteiger partial charge on any atom is -0.490 e. The second kappa shape index (κ2) is 8.95. The number of anilines is 1. The first-order valence-electron chi connectivity index (χ1n) is 7.19. The van der Waals surface area contributed by atoms with E-state index in [0.29, 0.717) is 30.2 Å². The highest BCUT2D eigenvalue weighted by Gasteiger charge is 2.13. The Balaban J connectivity index is 1.98. The van der Waals surface area contributed by atoms with Crippen LogP contribution in [0.15, 0.2) is 48.5 Å². The van der Waals surface area contributed by atoms with Gasteiger partial charge in [-0.2, -0.15) is 0 Å². The number of carbonyl (C=O) groups excluding carboxylic acids is 1. The first-order valence-corrected chi connectivity index (χ1v) is 7.59. The molecule has 2 N–H and O–H groups in total. The van der Waals surface area contributed by atoms with Crippen LogP contribution in [0.5, 0.6) is 5.75 Å². The largest absolute Gasteiger partial charge is 0.490 e. The normalized spacial score (nSPS) is 10.1. The zero-order valence-electron chi connectivity index (χ0n) is 13.0. The maximum Gasteiger partial charge on any atom is 0.261 e. The number of halogens is 1. The molecule has 0 spiro atoms. The number of ether oxygens (including phenoxy) is 2. The van der Waals surface area contributed by atoms with Crippen LogP contribution in [-0.2, 0) is 4.74 Å². The van der Waals surface area contributed by atoms with Gasteiger partial charge in [0.15, 0.2) is 5.11 Å². The molecule has 0 saturated heterocycles. The van der Waals surface area contributed by atoms with Crippen molar-refractivity contribution in [2.75, 3.05) is 25.6 Å². The van der Waals surface area contributed by atoms with E-state index in [1.54, 1.807) is 31.4 Å². The molecule has 0 aliphatic carbocycles. The summed E-state index contributed by atoms with van der Waals surface area (Å²) in [5, 5.41) is 5.49. The van der Waals surface area contributed by atoms with Crippen molar-refractivity contribution in [3.63, 3.8) is 0 Å². The fourth-order valence-electron chi connectivity index (χ4n) is 1.88. The van der Waals surface area contributed by atoms with E-state index in [-0.39, 0.29) is 10.9 Å². The van der Waals surface area contributed by atoms with Crippen LogP contribution in [0.2, 0.25) is 0 Å². The van der Waals surface area contributed by atoms with Crippen molar-refractivity contribution < 1.29 is 18.7 Å². The van der Waals surface area contributed by atoms with Crippen LogP contribution in [0.1, 0.15) is 10.4 Å². The lowest BCUT2D eigenvalue weighted by Crippen LogP contribution is -2.34. The van der Waals surface area contributed by atoms with E-state index >= 15 is 0 Å². The number of nitrogens with one attached hydrogen (secondary N) is 2. The highest BCUT2D eigenvalue weighted by Crippen LogP contribution is 2.18. The number of para-hydroxylation sites is 1. The molecule has 0 atom stereocenters. The highest BCUT2D eigenvalue weighted by atomic mass is 32.1. The molecule has 2 rings (SSSR count). The summed E-state index contributed by atoms with van der Waals surface area (Å²) in [6.07, 6.45) is 0. The number of hydrogen-bond acceptors (Lipinski definition) is 4. The number of thiocarbonyl (C=S) groups is 1. The Morgan fingerprint density at radius 2 is 1.83 bits per heavy atom. The summed E-state index contributed by atoms with van der Waals surface area (Å²) in [7, 11) is 1.57. The quantitative estimate of drug-likeness (QED) is 0.621. The topological polar surface area (TPSA) is 59.6 Å². The summed E-state index contributed by atoms with van der Waals surface area (Å²) in [6.45, 7) is 0.750. The number of hydrogen-bond donors (Lipinski definition) is 2. The second-order valence-corrected chi connectivity index (χ2v) is 5.16. The maximum absolute atomic E-state index is 12.9. The van der Waals surface area contributed by atoms with Gasteiger partial charge in [0.25, 0.3) is 5.91 Å². The van der Waals surface area contributed by atoms with Crippen LogP contribution in [0, 0.1) is 5.82 Å². The Hall–Kier alpha value is -2.51. The minimum atomic E-state index is -0.400. The third kappa shape index (κ3) is 5.29. The van der Waals surface area contributed by atoms with Crippen LogP contribution >= 0.6 is 12.2 Å². The summed E-state index contributed by atoms with van der Waals surface area (Å²) >= 11 is 5.10. The fourth-order valence-corrected chi connectivity index (χ4v) is 2.09. The van der Waals surface area contributed by atoms with Crippen molar-refractivity contribution in [1.29, 1.82) is 0 Å². The number of carbonyl (C=O) groups is 1. The molecule has 0 radical (unpaired) electrons. The number of benzene rings is 2. The molecule has 0 saturated carbocycles. The molecule has 5 nitrogen and oxygen atoms in total. The van der Waals surface area contributed by atoms with E-state index in [4.69, 9.17) is 21.7 Å². The molecule has 1 amide bonds. The van der Waals surface area contributed by atoms with Gasteiger partial charge >= 0.3 is 0 Å². The van der Waals surface area contributed by atoms with Gasteiger partial charge in [-0.25, -0.2) is 4.39 Å². The van der Waals surface area contributed by atoms with Crippen LogP contribution in [0.25, 0.3) is 0 Å². The Bertz CT molecular complexity index is 707. The SMILES string of the molecule is COCCOc1ccccc1C(=O)NC(=S)Nc1ccc(F)cc1. The lowest BCUT2D eigenvalue weighted by Gasteiger charge is -2.13. The van der Waals surface area contributed by atoms with Gasteiger partial charge in [0.2, 0.25) is 0 Å². The van der Waals surface area contributed by atoms with Gasteiger partial charge in [-0.3, -0.25) is 10.1 Å². The van der Waals surface area contributed by atoms with Gasteiger partial charge in [0.05, 0.1) is 12.2 Å². The molecule has 0 aliphatic heterocycles. The monoisotopic (exact) mass is 348 g/mol. The van der Waals surface area contributed by atoms with E-state index < -0.39 is 5.91 Å². The zero-order chi connectivity index (χ0) is 17.4. The molecule has 2 aromatic carbocycles. The molecule has 0 aromatic heterocycles. The number of methoxy groups -OCH3 is 1. The molecule has 126 valence electrons. The molecule has 0 bridgehead atoms. The smallest absolute Gasteiger partial charge is 0.261 e. The first-order chi connectivity index (χ1) is 11.6. The Morgan fingerprint density at radius 3 is 2.54 bits per heavy atom. The van der Waals surface area contributed by atoms with Crippen molar-refractivity contribution >= 4 is 28.9 Å². The van der Waals surface area contributed by atoms with Gasteiger partial charge < -0.3 is 14.8 Å². The van der Waals surface area contributed by atoms with Crippen molar-refractivity contribution in [2.45, 2.75) is 0 Å². The van der Waals surface area contributed by atoms with Crippen LogP contribution in [0.3, 0.4) is 0 Å². The van der Waals surface area contributed by atoms with Crippen molar-refractivity contribution in [2.24, 2.45) is 0 Å². The van der Waals surface area contributed by atoms with Crippen LogP contribution < -0.4 is 15.4 Å². The predicted octanol–water partition coefficient (Wildman–Crippen LogP) is 2.98. The van der Waals surface area contributed by atoms with E-state index in [0.717, 1.165) is 0 Å². The molecule has 0 unspecified atom stereocenters. The molecular weight excluding hydrogens is 331 g/mol. The zero-order valence-corrected chi connectivity index (χ0v) is 13.9. The van der Waals surface area contributed by atoms with E-state index in [2.05, 4.69) is 10.6 Å². The number of amides is 1. The summed E-state index contributed by atoms with van der Waals surface area (Å²) in [5.41, 5.74) is 0.934. The van der Waals surface area contributed by atoms with Gasteiger partial charge in [0, 0.05) is 12.8 Å². The van der Waals surface area contributed by atoms with E-state index in [9.17, 15) is 9.18 Å². The molecular formula is C17H17FN2O3S. The summed E-state index contributed by atoms with van der Waals surface area (Å²) < 4.78 is 23.3. The Labute approximate surface area is 144 Å². The molecule has 0 fully saturated rings. The fraction of sp³-hybridized carbons (Fsp3) is 0.176. The standard InChI is InChI=1S/C17H17FN2O3S/c1-22-10-11-23-15-5-3-2-4-14(15)16(21)20-17(24)19-13-8-6-12(18)7-9-13/h2-9H,10-11H2,1H3,(H2,19,20,21,24). The lowest BCUT2D eigenvalue weighted by atomic mass is 10.2. The van der Waals surface area contributed by atoms with Crippen LogP contribution in [-0.4, -0.2) is 31.3 Å². The molecule has 24 heavy (non-hydrogen) atoms. The Morgan fingerprint density at radius 1 is 1.12 bits per heavy atom. The van der Waals surface area contributed by atoms with Gasteiger partial charge in [-0.15, -0.1) is 0 Å². The molecule has 2 aromatic rings.